The zero-order valence-electron chi connectivity index (χ0n) is 18.7. The summed E-state index contributed by atoms with van der Waals surface area (Å²) in [7, 11) is 0. The summed E-state index contributed by atoms with van der Waals surface area (Å²) >= 11 is 7.75. The zero-order chi connectivity index (χ0) is 23.5. The number of carboxylic acid groups (broad SMARTS) is 1. The number of benzene rings is 1. The Morgan fingerprint density at radius 2 is 2.03 bits per heavy atom. The lowest BCUT2D eigenvalue weighted by Crippen LogP contribution is -2.35. The number of nitrogens with zero attached hydrogens (tertiary/aromatic N) is 3. The van der Waals surface area contributed by atoms with Crippen molar-refractivity contribution in [2.75, 3.05) is 26.2 Å². The molecule has 1 aliphatic rings. The molecule has 6 nitrogen and oxygen atoms in total. The van der Waals surface area contributed by atoms with E-state index in [0.29, 0.717) is 18.3 Å². The topological polar surface area (TPSA) is 67.6 Å². The van der Waals surface area contributed by atoms with Crippen molar-refractivity contribution in [2.24, 2.45) is 0 Å². The normalized spacial score (nSPS) is 15.1. The van der Waals surface area contributed by atoms with Gasteiger partial charge in [0.1, 0.15) is 18.0 Å². The predicted molar refractivity (Wildman–Crippen MR) is 135 cm³/mol. The number of carbonyl (C=O) groups is 1. The van der Waals surface area contributed by atoms with E-state index in [0.717, 1.165) is 49.0 Å². The molecule has 1 saturated heterocycles. The Morgan fingerprint density at radius 3 is 2.79 bits per heavy atom. The Hall–Kier alpha value is -2.87. The van der Waals surface area contributed by atoms with Crippen LogP contribution in [0.15, 0.2) is 60.9 Å². The lowest BCUT2D eigenvalue weighted by Gasteiger charge is -2.31. The van der Waals surface area contributed by atoms with Crippen molar-refractivity contribution in [3.8, 4) is 5.75 Å². The van der Waals surface area contributed by atoms with Gasteiger partial charge in [0, 0.05) is 29.2 Å². The first-order chi connectivity index (χ1) is 16.6. The molecule has 1 aliphatic heterocycles. The van der Waals surface area contributed by atoms with Crippen LogP contribution in [0.5, 0.6) is 5.75 Å². The molecule has 1 fully saturated rings. The van der Waals surface area contributed by atoms with E-state index in [1.165, 1.54) is 15.8 Å². The molecule has 0 amide bonds. The monoisotopic (exact) mass is 495 g/mol. The van der Waals surface area contributed by atoms with Crippen LogP contribution in [-0.4, -0.2) is 51.8 Å². The largest absolute Gasteiger partial charge is 0.492 e. The average Bonchev–Trinajstić information content (AvgIpc) is 3.43. The third kappa shape index (κ3) is 5.12. The molecule has 1 aromatic carbocycles. The molecule has 1 N–H and O–H groups in total. The molecule has 4 aromatic rings. The standard InChI is InChI=1S/C26H26ClN3O3S/c27-24-7-6-21(34-24)16-30-17-23(22-5-2-10-28-25(22)30)18-8-11-29(12-9-18)13-14-33-20-4-1-3-19(15-20)26(31)32/h1-7,10,15,17-18H,8-9,11-14,16H2,(H,31,32). The number of aromatic carboxylic acids is 1. The van der Waals surface area contributed by atoms with E-state index in [1.807, 2.05) is 18.3 Å². The van der Waals surface area contributed by atoms with Crippen LogP contribution in [0.25, 0.3) is 11.0 Å². The zero-order valence-corrected chi connectivity index (χ0v) is 20.3. The van der Waals surface area contributed by atoms with E-state index in [-0.39, 0.29) is 5.56 Å². The number of fused-ring (bicyclic) bond motifs is 1. The molecule has 4 heterocycles. The number of pyridine rings is 1. The molecule has 8 heteroatoms. The molecule has 0 atom stereocenters. The number of rotatable bonds is 8. The summed E-state index contributed by atoms with van der Waals surface area (Å²) in [4.78, 5) is 19.4. The van der Waals surface area contributed by atoms with Gasteiger partial charge in [0.2, 0.25) is 0 Å². The van der Waals surface area contributed by atoms with Gasteiger partial charge in [0.05, 0.1) is 16.4 Å². The van der Waals surface area contributed by atoms with Crippen LogP contribution in [0.2, 0.25) is 4.34 Å². The van der Waals surface area contributed by atoms with Crippen LogP contribution in [0.4, 0.5) is 0 Å². The van der Waals surface area contributed by atoms with Crippen LogP contribution < -0.4 is 4.74 Å². The summed E-state index contributed by atoms with van der Waals surface area (Å²) in [6.07, 6.45) is 6.32. The maximum absolute atomic E-state index is 11.1. The van der Waals surface area contributed by atoms with E-state index in [4.69, 9.17) is 21.4 Å². The van der Waals surface area contributed by atoms with Gasteiger partial charge in [-0.3, -0.25) is 4.90 Å². The minimum atomic E-state index is -0.941. The van der Waals surface area contributed by atoms with E-state index in [9.17, 15) is 4.79 Å². The van der Waals surface area contributed by atoms with Crippen molar-refractivity contribution >= 4 is 39.9 Å². The van der Waals surface area contributed by atoms with E-state index >= 15 is 0 Å². The van der Waals surface area contributed by atoms with Gasteiger partial charge in [-0.25, -0.2) is 9.78 Å². The quantitative estimate of drug-likeness (QED) is 0.337. The van der Waals surface area contributed by atoms with Gasteiger partial charge in [-0.15, -0.1) is 11.3 Å². The van der Waals surface area contributed by atoms with Gasteiger partial charge in [-0.1, -0.05) is 17.7 Å². The van der Waals surface area contributed by atoms with Crippen molar-refractivity contribution < 1.29 is 14.6 Å². The first-order valence-corrected chi connectivity index (χ1v) is 12.6. The van der Waals surface area contributed by atoms with E-state index in [1.54, 1.807) is 35.6 Å². The fourth-order valence-corrected chi connectivity index (χ4v) is 5.77. The molecule has 0 radical (unpaired) electrons. The van der Waals surface area contributed by atoms with E-state index in [2.05, 4.69) is 32.8 Å². The number of hydrogen-bond acceptors (Lipinski definition) is 5. The van der Waals surface area contributed by atoms with Gasteiger partial charge >= 0.3 is 5.97 Å². The van der Waals surface area contributed by atoms with Crippen LogP contribution in [-0.2, 0) is 6.54 Å². The minimum absolute atomic E-state index is 0.245. The number of halogens is 1. The Balaban J connectivity index is 1.20. The summed E-state index contributed by atoms with van der Waals surface area (Å²) < 4.78 is 8.86. The summed E-state index contributed by atoms with van der Waals surface area (Å²) in [6.45, 7) is 4.17. The molecule has 0 unspecified atom stereocenters. The maximum Gasteiger partial charge on any atom is 0.335 e. The first kappa shape index (κ1) is 22.9. The van der Waals surface area contributed by atoms with Crippen molar-refractivity contribution in [3.05, 3.63) is 81.3 Å². The highest BCUT2D eigenvalue weighted by Gasteiger charge is 2.24. The summed E-state index contributed by atoms with van der Waals surface area (Å²) in [6, 6.07) is 14.9. The second-order valence-electron chi connectivity index (χ2n) is 8.59. The highest BCUT2D eigenvalue weighted by atomic mass is 35.5. The van der Waals surface area contributed by atoms with Crippen LogP contribution >= 0.6 is 22.9 Å². The second kappa shape index (κ2) is 10.2. The number of thiophene rings is 1. The highest BCUT2D eigenvalue weighted by molar-refractivity contribution is 7.16. The number of carboxylic acids is 1. The molecule has 0 aliphatic carbocycles. The lowest BCUT2D eigenvalue weighted by atomic mass is 9.89. The van der Waals surface area contributed by atoms with Crippen molar-refractivity contribution in [3.63, 3.8) is 0 Å². The molecular weight excluding hydrogens is 470 g/mol. The van der Waals surface area contributed by atoms with Crippen LogP contribution in [0.1, 0.15) is 39.6 Å². The molecule has 0 saturated carbocycles. The fraction of sp³-hybridized carbons (Fsp3) is 0.308. The fourth-order valence-electron chi connectivity index (χ4n) is 4.68. The number of piperidine rings is 1. The van der Waals surface area contributed by atoms with Crippen molar-refractivity contribution in [1.82, 2.24) is 14.5 Å². The molecule has 5 rings (SSSR count). The van der Waals surface area contributed by atoms with Gasteiger partial charge in [0.25, 0.3) is 0 Å². The van der Waals surface area contributed by atoms with Gasteiger partial charge in [0.15, 0.2) is 0 Å². The molecule has 34 heavy (non-hydrogen) atoms. The van der Waals surface area contributed by atoms with Crippen LogP contribution in [0, 0.1) is 0 Å². The Morgan fingerprint density at radius 1 is 1.18 bits per heavy atom. The Kier molecular flexibility index (Phi) is 6.85. The molecule has 0 bridgehead atoms. The number of likely N-dealkylation sites (tertiary alicyclic amines) is 1. The second-order valence-corrected chi connectivity index (χ2v) is 10.4. The smallest absolute Gasteiger partial charge is 0.335 e. The minimum Gasteiger partial charge on any atom is -0.492 e. The van der Waals surface area contributed by atoms with E-state index < -0.39 is 5.97 Å². The molecular formula is C26H26ClN3O3S. The third-order valence-electron chi connectivity index (χ3n) is 6.40. The van der Waals surface area contributed by atoms with Crippen LogP contribution in [0.3, 0.4) is 0 Å². The molecule has 3 aromatic heterocycles. The van der Waals surface area contributed by atoms with Gasteiger partial charge in [-0.05, 0) is 79.9 Å². The van der Waals surface area contributed by atoms with Gasteiger partial charge in [-0.2, -0.15) is 0 Å². The number of aromatic nitrogens is 2. The summed E-state index contributed by atoms with van der Waals surface area (Å²) in [5.74, 6) is 0.162. The summed E-state index contributed by atoms with van der Waals surface area (Å²) in [5.41, 5.74) is 2.66. The van der Waals surface area contributed by atoms with Crippen molar-refractivity contribution in [2.45, 2.75) is 25.3 Å². The molecule has 0 spiro atoms. The predicted octanol–water partition coefficient (Wildman–Crippen LogP) is 5.76. The summed E-state index contributed by atoms with van der Waals surface area (Å²) in [5, 5.41) is 10.4. The number of ether oxygens (including phenoxy) is 1. The SMILES string of the molecule is O=C(O)c1cccc(OCCN2CCC(c3cn(Cc4ccc(Cl)s4)c4ncccc34)CC2)c1. The highest BCUT2D eigenvalue weighted by Crippen LogP contribution is 2.34. The average molecular weight is 496 g/mol. The van der Waals surface area contributed by atoms with Crippen molar-refractivity contribution in [1.29, 1.82) is 0 Å². The van der Waals surface area contributed by atoms with Gasteiger partial charge < -0.3 is 14.4 Å². The Bertz CT molecular complexity index is 1290. The molecule has 176 valence electrons. The first-order valence-electron chi connectivity index (χ1n) is 11.4. The third-order valence-corrected chi connectivity index (χ3v) is 7.62. The number of hydrogen-bond donors (Lipinski definition) is 1. The Labute approximate surface area is 207 Å². The lowest BCUT2D eigenvalue weighted by molar-refractivity contribution is 0.0696. The maximum atomic E-state index is 11.1.